The largest absolute Gasteiger partial charge is 0.494 e. The topological polar surface area (TPSA) is 44.8 Å². The number of thiophene rings is 1. The number of ether oxygens (including phenoxy) is 3. The van der Waals surface area contributed by atoms with Gasteiger partial charge in [0.05, 0.1) is 18.8 Å². The van der Waals surface area contributed by atoms with Crippen molar-refractivity contribution in [2.24, 2.45) is 0 Å². The van der Waals surface area contributed by atoms with E-state index in [4.69, 9.17) is 14.2 Å². The Hall–Kier alpha value is -2.74. The highest BCUT2D eigenvalue weighted by molar-refractivity contribution is 7.19. The quantitative estimate of drug-likeness (QED) is 0.233. The molecule has 3 aromatic rings. The first-order chi connectivity index (χ1) is 16.7. The van der Waals surface area contributed by atoms with E-state index >= 15 is 0 Å². The van der Waals surface area contributed by atoms with Crippen LogP contribution in [0.5, 0.6) is 11.5 Å². The van der Waals surface area contributed by atoms with Gasteiger partial charge in [0.15, 0.2) is 6.61 Å². The van der Waals surface area contributed by atoms with E-state index in [1.807, 2.05) is 19.1 Å². The number of unbranched alkanes of at least 4 members (excludes halogenated alkanes) is 1. The minimum atomic E-state index is -4.34. The summed E-state index contributed by atoms with van der Waals surface area (Å²) in [6, 6.07) is 11.3. The predicted molar refractivity (Wildman–Crippen MR) is 133 cm³/mol. The SMILES string of the molecule is CCCCC(CCOc1ccc(OCC(=O)OCC)c(C)c1)c1cc2cc(C(F)(F)F)ccc2s1. The van der Waals surface area contributed by atoms with Crippen molar-refractivity contribution >= 4 is 27.4 Å². The molecule has 1 aromatic heterocycles. The molecule has 1 unspecified atom stereocenters. The Morgan fingerprint density at radius 3 is 2.51 bits per heavy atom. The number of halogens is 3. The first-order valence-corrected chi connectivity index (χ1v) is 12.7. The molecule has 0 radical (unpaired) electrons. The maximum atomic E-state index is 13.1. The summed E-state index contributed by atoms with van der Waals surface area (Å²) in [6.45, 7) is 6.40. The van der Waals surface area contributed by atoms with Gasteiger partial charge >= 0.3 is 12.1 Å². The third-order valence-electron chi connectivity index (χ3n) is 5.70. The van der Waals surface area contributed by atoms with Gasteiger partial charge in [0.1, 0.15) is 11.5 Å². The van der Waals surface area contributed by atoms with Crippen LogP contribution in [-0.2, 0) is 15.7 Å². The lowest BCUT2D eigenvalue weighted by molar-refractivity contribution is -0.145. The van der Waals surface area contributed by atoms with E-state index in [1.54, 1.807) is 36.5 Å². The second-order valence-corrected chi connectivity index (χ2v) is 9.51. The van der Waals surface area contributed by atoms with Crippen molar-refractivity contribution in [1.82, 2.24) is 0 Å². The summed E-state index contributed by atoms with van der Waals surface area (Å²) < 4.78 is 56.5. The minimum Gasteiger partial charge on any atom is -0.494 e. The lowest BCUT2D eigenvalue weighted by Crippen LogP contribution is -2.15. The first-order valence-electron chi connectivity index (χ1n) is 11.8. The number of hydrogen-bond donors (Lipinski definition) is 0. The van der Waals surface area contributed by atoms with Crippen molar-refractivity contribution in [2.45, 2.75) is 58.5 Å². The number of carbonyl (C=O) groups excluding carboxylic acids is 1. The normalized spacial score (nSPS) is 12.5. The van der Waals surface area contributed by atoms with Crippen LogP contribution in [0.4, 0.5) is 13.2 Å². The van der Waals surface area contributed by atoms with Gasteiger partial charge in [-0.3, -0.25) is 0 Å². The molecule has 2 aromatic carbocycles. The van der Waals surface area contributed by atoms with Gasteiger partial charge < -0.3 is 14.2 Å². The van der Waals surface area contributed by atoms with Crippen LogP contribution in [-0.4, -0.2) is 25.8 Å². The second-order valence-electron chi connectivity index (χ2n) is 8.40. The molecule has 0 saturated heterocycles. The maximum absolute atomic E-state index is 13.1. The summed E-state index contributed by atoms with van der Waals surface area (Å²) in [6.07, 6.45) is -0.536. The molecule has 0 saturated carbocycles. The Bertz CT molecular complexity index is 1120. The van der Waals surface area contributed by atoms with Gasteiger partial charge in [-0.15, -0.1) is 11.3 Å². The van der Waals surface area contributed by atoms with Gasteiger partial charge in [0.25, 0.3) is 0 Å². The Balaban J connectivity index is 1.63. The summed E-state index contributed by atoms with van der Waals surface area (Å²) in [5.41, 5.74) is 0.229. The van der Waals surface area contributed by atoms with Crippen LogP contribution in [0.1, 0.15) is 61.5 Å². The molecule has 190 valence electrons. The van der Waals surface area contributed by atoms with Crippen molar-refractivity contribution < 1.29 is 32.2 Å². The summed E-state index contributed by atoms with van der Waals surface area (Å²) in [5.74, 6) is 1.09. The molecule has 8 heteroatoms. The van der Waals surface area contributed by atoms with Gasteiger partial charge in [0.2, 0.25) is 0 Å². The number of alkyl halides is 3. The van der Waals surface area contributed by atoms with Gasteiger partial charge in [-0.25, -0.2) is 4.79 Å². The number of rotatable bonds is 12. The van der Waals surface area contributed by atoms with Crippen LogP contribution in [0.25, 0.3) is 10.1 Å². The van der Waals surface area contributed by atoms with Crippen LogP contribution < -0.4 is 9.47 Å². The summed E-state index contributed by atoms with van der Waals surface area (Å²) in [5, 5.41) is 0.635. The Labute approximate surface area is 208 Å². The van der Waals surface area contributed by atoms with E-state index in [9.17, 15) is 18.0 Å². The van der Waals surface area contributed by atoms with E-state index in [-0.39, 0.29) is 12.5 Å². The smallest absolute Gasteiger partial charge is 0.416 e. The fraction of sp³-hybridized carbons (Fsp3) is 0.444. The van der Waals surface area contributed by atoms with Crippen molar-refractivity contribution in [1.29, 1.82) is 0 Å². The predicted octanol–water partition coefficient (Wildman–Crippen LogP) is 7.91. The highest BCUT2D eigenvalue weighted by Crippen LogP contribution is 2.38. The third kappa shape index (κ3) is 7.62. The van der Waals surface area contributed by atoms with E-state index in [1.165, 1.54) is 6.07 Å². The lowest BCUT2D eigenvalue weighted by Gasteiger charge is -2.16. The molecule has 1 atom stereocenters. The number of benzene rings is 2. The molecule has 0 amide bonds. The molecule has 0 aliphatic rings. The Morgan fingerprint density at radius 1 is 1.03 bits per heavy atom. The molecule has 1 heterocycles. The lowest BCUT2D eigenvalue weighted by atomic mass is 9.96. The van der Waals surface area contributed by atoms with Crippen LogP contribution in [0.3, 0.4) is 0 Å². The molecule has 0 spiro atoms. The van der Waals surface area contributed by atoms with Crippen LogP contribution >= 0.6 is 11.3 Å². The monoisotopic (exact) mass is 508 g/mol. The zero-order valence-electron chi connectivity index (χ0n) is 20.2. The van der Waals surface area contributed by atoms with E-state index in [2.05, 4.69) is 6.92 Å². The molecule has 0 N–H and O–H groups in total. The number of fused-ring (bicyclic) bond motifs is 1. The third-order valence-corrected chi connectivity index (χ3v) is 6.98. The van der Waals surface area contributed by atoms with Crippen molar-refractivity contribution in [3.05, 3.63) is 58.5 Å². The summed E-state index contributed by atoms with van der Waals surface area (Å²) >= 11 is 1.56. The second kappa shape index (κ2) is 12.3. The molecule has 0 fully saturated rings. The van der Waals surface area contributed by atoms with Gasteiger partial charge in [0, 0.05) is 9.58 Å². The van der Waals surface area contributed by atoms with E-state index in [0.29, 0.717) is 30.1 Å². The molecule has 0 aliphatic heterocycles. The average Bonchev–Trinajstić information content (AvgIpc) is 3.23. The minimum absolute atomic E-state index is 0.145. The number of carbonyl (C=O) groups is 1. The maximum Gasteiger partial charge on any atom is 0.416 e. The molecule has 0 bridgehead atoms. The standard InChI is InChI=1S/C27H31F3O4S/c1-4-6-7-19(25-16-20-15-21(27(28,29)30)8-11-24(20)35-25)12-13-33-22-9-10-23(18(3)14-22)34-17-26(31)32-5-2/h8-11,14-16,19H,4-7,12-13,17H2,1-3H3. The zero-order chi connectivity index (χ0) is 25.4. The van der Waals surface area contributed by atoms with Crippen molar-refractivity contribution in [3.63, 3.8) is 0 Å². The van der Waals surface area contributed by atoms with Crippen molar-refractivity contribution in [3.8, 4) is 11.5 Å². The Kier molecular flexibility index (Phi) is 9.43. The fourth-order valence-corrected chi connectivity index (χ4v) is 5.07. The first kappa shape index (κ1) is 26.9. The van der Waals surface area contributed by atoms with E-state index in [0.717, 1.165) is 46.9 Å². The fourth-order valence-electron chi connectivity index (χ4n) is 3.85. The summed E-state index contributed by atoms with van der Waals surface area (Å²) in [7, 11) is 0. The summed E-state index contributed by atoms with van der Waals surface area (Å²) in [4.78, 5) is 12.6. The number of esters is 1. The van der Waals surface area contributed by atoms with E-state index < -0.39 is 17.7 Å². The molecule has 35 heavy (non-hydrogen) atoms. The van der Waals surface area contributed by atoms with Gasteiger partial charge in [-0.2, -0.15) is 13.2 Å². The molecular weight excluding hydrogens is 477 g/mol. The molecule has 4 nitrogen and oxygen atoms in total. The highest BCUT2D eigenvalue weighted by atomic mass is 32.1. The highest BCUT2D eigenvalue weighted by Gasteiger charge is 2.30. The molecular formula is C27H31F3O4S. The van der Waals surface area contributed by atoms with Crippen molar-refractivity contribution in [2.75, 3.05) is 19.8 Å². The van der Waals surface area contributed by atoms with Gasteiger partial charge in [-0.05, 0) is 86.0 Å². The van der Waals surface area contributed by atoms with Crippen LogP contribution in [0.2, 0.25) is 0 Å². The molecule has 0 aliphatic carbocycles. The Morgan fingerprint density at radius 2 is 1.83 bits per heavy atom. The number of hydrogen-bond acceptors (Lipinski definition) is 5. The average molecular weight is 509 g/mol. The van der Waals surface area contributed by atoms with Crippen LogP contribution in [0, 0.1) is 6.92 Å². The van der Waals surface area contributed by atoms with Crippen LogP contribution in [0.15, 0.2) is 42.5 Å². The zero-order valence-corrected chi connectivity index (χ0v) is 21.1. The van der Waals surface area contributed by atoms with Gasteiger partial charge in [-0.1, -0.05) is 19.8 Å². The number of aryl methyl sites for hydroxylation is 1. The molecule has 3 rings (SSSR count).